The highest BCUT2D eigenvalue weighted by atomic mass is 16.4. The number of rotatable bonds is 4. The van der Waals surface area contributed by atoms with Gasteiger partial charge in [0.1, 0.15) is 6.04 Å². The average Bonchev–Trinajstić information content (AvgIpc) is 2.69. The van der Waals surface area contributed by atoms with Crippen LogP contribution in [0.4, 0.5) is 0 Å². The molecule has 1 aliphatic heterocycles. The first-order chi connectivity index (χ1) is 8.56. The second-order valence-corrected chi connectivity index (χ2v) is 4.26. The van der Waals surface area contributed by atoms with E-state index < -0.39 is 12.0 Å². The molecule has 0 bridgehead atoms. The zero-order chi connectivity index (χ0) is 13.1. The topological polar surface area (TPSA) is 100 Å². The van der Waals surface area contributed by atoms with Crippen LogP contribution in [0.5, 0.6) is 0 Å². The zero-order valence-electron chi connectivity index (χ0n) is 10.0. The molecular weight excluding hydrogens is 238 g/mol. The van der Waals surface area contributed by atoms with Crippen LogP contribution >= 0.6 is 0 Å². The summed E-state index contributed by atoms with van der Waals surface area (Å²) in [5, 5.41) is 19.3. The molecule has 8 nitrogen and oxygen atoms in total. The number of aryl methyl sites for hydroxylation is 1. The van der Waals surface area contributed by atoms with Crippen LogP contribution in [-0.2, 0) is 23.2 Å². The van der Waals surface area contributed by atoms with Crippen LogP contribution in [0.2, 0.25) is 0 Å². The lowest BCUT2D eigenvalue weighted by Gasteiger charge is -2.33. The number of carboxylic acid groups (broad SMARTS) is 1. The fourth-order valence-corrected chi connectivity index (χ4v) is 2.01. The first kappa shape index (κ1) is 12.5. The van der Waals surface area contributed by atoms with E-state index in [1.54, 1.807) is 17.9 Å². The standard InChI is InChI=1S/C10H15N5O3/c1-14-5-7(12-13-14)6-15-3-2-11-10(18)8(15)4-9(16)17/h5,8H,2-4,6H2,1H3,(H,11,18)(H,16,17). The normalized spacial score (nSPS) is 20.7. The number of hydrogen-bond acceptors (Lipinski definition) is 5. The second-order valence-electron chi connectivity index (χ2n) is 4.26. The van der Waals surface area contributed by atoms with Crippen LogP contribution < -0.4 is 5.32 Å². The molecule has 0 spiro atoms. The maximum absolute atomic E-state index is 11.7. The summed E-state index contributed by atoms with van der Waals surface area (Å²) in [6, 6.07) is -0.641. The van der Waals surface area contributed by atoms with Gasteiger partial charge in [-0.25, -0.2) is 0 Å². The summed E-state index contributed by atoms with van der Waals surface area (Å²) >= 11 is 0. The van der Waals surface area contributed by atoms with Crippen LogP contribution in [0.25, 0.3) is 0 Å². The van der Waals surface area contributed by atoms with Crippen LogP contribution in [0, 0.1) is 0 Å². The van der Waals surface area contributed by atoms with Gasteiger partial charge >= 0.3 is 5.97 Å². The molecular formula is C10H15N5O3. The Hall–Kier alpha value is -1.96. The van der Waals surface area contributed by atoms with Gasteiger partial charge in [-0.05, 0) is 0 Å². The Labute approximate surface area is 104 Å². The molecule has 0 saturated carbocycles. The van der Waals surface area contributed by atoms with Gasteiger partial charge < -0.3 is 10.4 Å². The first-order valence-corrected chi connectivity index (χ1v) is 5.65. The summed E-state index contributed by atoms with van der Waals surface area (Å²) in [6.07, 6.45) is 1.55. The molecule has 1 aromatic rings. The number of aliphatic carboxylic acids is 1. The Morgan fingerprint density at radius 1 is 1.67 bits per heavy atom. The Bertz CT molecular complexity index is 458. The molecule has 1 atom stereocenters. The van der Waals surface area contributed by atoms with Gasteiger partial charge in [-0.15, -0.1) is 5.10 Å². The molecule has 0 aliphatic carbocycles. The maximum Gasteiger partial charge on any atom is 0.305 e. The minimum atomic E-state index is -0.985. The zero-order valence-corrected chi connectivity index (χ0v) is 10.0. The molecule has 1 aliphatic rings. The third kappa shape index (κ3) is 2.83. The molecule has 98 valence electrons. The Morgan fingerprint density at radius 3 is 3.06 bits per heavy atom. The smallest absolute Gasteiger partial charge is 0.305 e. The monoisotopic (exact) mass is 253 g/mol. The quantitative estimate of drug-likeness (QED) is 0.684. The van der Waals surface area contributed by atoms with E-state index in [9.17, 15) is 9.59 Å². The van der Waals surface area contributed by atoms with E-state index in [0.29, 0.717) is 19.6 Å². The summed E-state index contributed by atoms with van der Waals surface area (Å²) in [6.45, 7) is 1.56. The van der Waals surface area contributed by atoms with Crippen LogP contribution in [0.3, 0.4) is 0 Å². The van der Waals surface area contributed by atoms with Crippen molar-refractivity contribution in [3.63, 3.8) is 0 Å². The van der Waals surface area contributed by atoms with E-state index in [2.05, 4.69) is 15.6 Å². The third-order valence-electron chi connectivity index (χ3n) is 2.82. The van der Waals surface area contributed by atoms with Gasteiger partial charge in [-0.1, -0.05) is 5.21 Å². The Balaban J connectivity index is 2.07. The minimum Gasteiger partial charge on any atom is -0.481 e. The predicted octanol–water partition coefficient (Wildman–Crippen LogP) is -1.41. The van der Waals surface area contributed by atoms with Gasteiger partial charge in [0.15, 0.2) is 0 Å². The highest BCUT2D eigenvalue weighted by Gasteiger charge is 2.31. The van der Waals surface area contributed by atoms with Crippen molar-refractivity contribution in [2.75, 3.05) is 13.1 Å². The van der Waals surface area contributed by atoms with Gasteiger partial charge in [0.05, 0.1) is 12.1 Å². The number of nitrogens with one attached hydrogen (secondary N) is 1. The summed E-state index contributed by atoms with van der Waals surface area (Å²) in [5.41, 5.74) is 0.725. The highest BCUT2D eigenvalue weighted by molar-refractivity contribution is 5.86. The van der Waals surface area contributed by atoms with Crippen molar-refractivity contribution >= 4 is 11.9 Å². The van der Waals surface area contributed by atoms with Gasteiger partial charge in [0.2, 0.25) is 5.91 Å². The number of piperazine rings is 1. The number of carboxylic acids is 1. The molecule has 0 radical (unpaired) electrons. The van der Waals surface area contributed by atoms with Crippen molar-refractivity contribution in [3.05, 3.63) is 11.9 Å². The van der Waals surface area contributed by atoms with Gasteiger partial charge in [-0.3, -0.25) is 19.2 Å². The van der Waals surface area contributed by atoms with Crippen molar-refractivity contribution in [1.29, 1.82) is 0 Å². The number of aromatic nitrogens is 3. The van der Waals surface area contributed by atoms with E-state index >= 15 is 0 Å². The lowest BCUT2D eigenvalue weighted by atomic mass is 10.1. The van der Waals surface area contributed by atoms with Gasteiger partial charge in [-0.2, -0.15) is 0 Å². The molecule has 1 aromatic heterocycles. The summed E-state index contributed by atoms with van der Waals surface area (Å²) in [7, 11) is 1.76. The number of nitrogens with zero attached hydrogens (tertiary/aromatic N) is 4. The molecule has 1 saturated heterocycles. The Morgan fingerprint density at radius 2 is 2.44 bits per heavy atom. The predicted molar refractivity (Wildman–Crippen MR) is 60.5 cm³/mol. The highest BCUT2D eigenvalue weighted by Crippen LogP contribution is 2.12. The molecule has 2 rings (SSSR count). The fraction of sp³-hybridized carbons (Fsp3) is 0.600. The molecule has 0 aromatic carbocycles. The van der Waals surface area contributed by atoms with Crippen LogP contribution in [0.1, 0.15) is 12.1 Å². The molecule has 2 N–H and O–H groups in total. The van der Waals surface area contributed by atoms with Gasteiger partial charge in [0, 0.05) is 32.9 Å². The second kappa shape index (κ2) is 5.13. The number of carbonyl (C=O) groups excluding carboxylic acids is 1. The molecule has 18 heavy (non-hydrogen) atoms. The maximum atomic E-state index is 11.7. The third-order valence-corrected chi connectivity index (χ3v) is 2.82. The van der Waals surface area contributed by atoms with E-state index in [1.807, 2.05) is 4.90 Å². The molecule has 1 fully saturated rings. The van der Waals surface area contributed by atoms with Crippen LogP contribution in [-0.4, -0.2) is 56.0 Å². The fourth-order valence-electron chi connectivity index (χ4n) is 2.01. The summed E-state index contributed by atoms with van der Waals surface area (Å²) in [4.78, 5) is 24.3. The van der Waals surface area contributed by atoms with Crippen molar-refractivity contribution < 1.29 is 14.7 Å². The Kier molecular flexibility index (Phi) is 3.56. The van der Waals surface area contributed by atoms with Crippen molar-refractivity contribution in [1.82, 2.24) is 25.2 Å². The van der Waals surface area contributed by atoms with Gasteiger partial charge in [0.25, 0.3) is 0 Å². The molecule has 8 heteroatoms. The van der Waals surface area contributed by atoms with Crippen molar-refractivity contribution in [2.45, 2.75) is 19.0 Å². The largest absolute Gasteiger partial charge is 0.481 e. The number of carbonyl (C=O) groups is 2. The van der Waals surface area contributed by atoms with E-state index in [-0.39, 0.29) is 12.3 Å². The molecule has 1 unspecified atom stereocenters. The van der Waals surface area contributed by atoms with Crippen molar-refractivity contribution in [2.24, 2.45) is 7.05 Å². The van der Waals surface area contributed by atoms with E-state index in [4.69, 9.17) is 5.11 Å². The molecule has 1 amide bonds. The summed E-state index contributed by atoms with van der Waals surface area (Å²) < 4.78 is 1.57. The molecule has 2 heterocycles. The lowest BCUT2D eigenvalue weighted by molar-refractivity contribution is -0.143. The minimum absolute atomic E-state index is 0.202. The number of amides is 1. The van der Waals surface area contributed by atoms with Crippen LogP contribution in [0.15, 0.2) is 6.20 Å². The summed E-state index contributed by atoms with van der Waals surface area (Å²) in [5.74, 6) is -1.23. The first-order valence-electron chi connectivity index (χ1n) is 5.65. The number of hydrogen-bond donors (Lipinski definition) is 2. The van der Waals surface area contributed by atoms with Crippen molar-refractivity contribution in [3.8, 4) is 0 Å². The SMILES string of the molecule is Cn1cc(CN2CCNC(=O)C2CC(=O)O)nn1. The van der Waals surface area contributed by atoms with E-state index in [0.717, 1.165) is 5.69 Å². The van der Waals surface area contributed by atoms with E-state index in [1.165, 1.54) is 0 Å². The lowest BCUT2D eigenvalue weighted by Crippen LogP contribution is -2.55. The average molecular weight is 253 g/mol.